The topological polar surface area (TPSA) is 20.3 Å². The maximum atomic E-state index is 13.4. The van der Waals surface area contributed by atoms with Crippen LogP contribution in [-0.4, -0.2) is 18.9 Å². The number of rotatable bonds is 6. The Bertz CT molecular complexity index is 474. The Labute approximate surface area is 127 Å². The summed E-state index contributed by atoms with van der Waals surface area (Å²) in [5.41, 5.74) is 0.878. The van der Waals surface area contributed by atoms with Crippen LogP contribution in [0.15, 0.2) is 24.3 Å². The number of benzene rings is 1. The van der Waals surface area contributed by atoms with Crippen LogP contribution >= 0.6 is 0 Å². The minimum atomic E-state index is -0.218. The zero-order chi connectivity index (χ0) is 15.2. The Morgan fingerprint density at radius 1 is 1.33 bits per heavy atom. The standard InChI is InChI=1S/C18H26FNO/c1-3-6-14-9-10-18(21)15(11-14)13-20(4-2)17-8-5-7-16(19)12-17/h5,7-8,12,14-15H,3-4,6,9-11,13H2,1-2H3. The van der Waals surface area contributed by atoms with Gasteiger partial charge in [-0.1, -0.05) is 25.8 Å². The molecule has 0 aliphatic heterocycles. The zero-order valence-corrected chi connectivity index (χ0v) is 13.1. The molecule has 1 aromatic rings. The summed E-state index contributed by atoms with van der Waals surface area (Å²) in [5, 5.41) is 0. The predicted octanol–water partition coefficient (Wildman–Crippen LogP) is 4.44. The second-order valence-electron chi connectivity index (χ2n) is 6.11. The van der Waals surface area contributed by atoms with Gasteiger partial charge in [0.25, 0.3) is 0 Å². The summed E-state index contributed by atoms with van der Waals surface area (Å²) in [6.07, 6.45) is 5.17. The van der Waals surface area contributed by atoms with E-state index in [1.54, 1.807) is 12.1 Å². The van der Waals surface area contributed by atoms with Crippen LogP contribution in [0.5, 0.6) is 0 Å². The van der Waals surface area contributed by atoms with E-state index in [0.29, 0.717) is 11.7 Å². The highest BCUT2D eigenvalue weighted by Gasteiger charge is 2.29. The van der Waals surface area contributed by atoms with Crippen molar-refractivity contribution in [2.75, 3.05) is 18.0 Å². The molecule has 21 heavy (non-hydrogen) atoms. The molecule has 0 radical (unpaired) electrons. The van der Waals surface area contributed by atoms with Gasteiger partial charge in [0.1, 0.15) is 11.6 Å². The van der Waals surface area contributed by atoms with Crippen molar-refractivity contribution in [3.8, 4) is 0 Å². The molecule has 0 heterocycles. The number of hydrogen-bond donors (Lipinski definition) is 0. The van der Waals surface area contributed by atoms with E-state index >= 15 is 0 Å². The average Bonchev–Trinajstić information content (AvgIpc) is 2.48. The van der Waals surface area contributed by atoms with Crippen LogP contribution in [0.25, 0.3) is 0 Å². The largest absolute Gasteiger partial charge is 0.371 e. The fourth-order valence-electron chi connectivity index (χ4n) is 3.40. The summed E-state index contributed by atoms with van der Waals surface area (Å²) < 4.78 is 13.4. The lowest BCUT2D eigenvalue weighted by atomic mass is 9.78. The molecule has 1 aliphatic carbocycles. The van der Waals surface area contributed by atoms with Gasteiger partial charge in [0.05, 0.1) is 0 Å². The second kappa shape index (κ2) is 7.58. The molecule has 2 atom stereocenters. The average molecular weight is 291 g/mol. The van der Waals surface area contributed by atoms with Gasteiger partial charge in [-0.25, -0.2) is 4.39 Å². The van der Waals surface area contributed by atoms with Crippen molar-refractivity contribution in [1.29, 1.82) is 0 Å². The highest BCUT2D eigenvalue weighted by Crippen LogP contribution is 2.31. The lowest BCUT2D eigenvalue weighted by Crippen LogP contribution is -2.36. The highest BCUT2D eigenvalue weighted by molar-refractivity contribution is 5.82. The van der Waals surface area contributed by atoms with Gasteiger partial charge in [0, 0.05) is 31.1 Å². The van der Waals surface area contributed by atoms with Crippen molar-refractivity contribution in [3.63, 3.8) is 0 Å². The number of halogens is 1. The Morgan fingerprint density at radius 2 is 2.14 bits per heavy atom. The third-order valence-electron chi connectivity index (χ3n) is 4.56. The number of carbonyl (C=O) groups excluding carboxylic acids is 1. The van der Waals surface area contributed by atoms with Gasteiger partial charge >= 0.3 is 0 Å². The van der Waals surface area contributed by atoms with Crippen molar-refractivity contribution in [3.05, 3.63) is 30.1 Å². The molecule has 1 aromatic carbocycles. The summed E-state index contributed by atoms with van der Waals surface area (Å²) in [6.45, 7) is 5.78. The molecular formula is C18H26FNO. The first kappa shape index (κ1) is 16.0. The molecule has 116 valence electrons. The molecule has 0 bridgehead atoms. The van der Waals surface area contributed by atoms with E-state index in [4.69, 9.17) is 0 Å². The van der Waals surface area contributed by atoms with Crippen LogP contribution < -0.4 is 4.90 Å². The van der Waals surface area contributed by atoms with Gasteiger partial charge in [-0.15, -0.1) is 0 Å². The summed E-state index contributed by atoms with van der Waals surface area (Å²) in [7, 11) is 0. The molecule has 2 rings (SSSR count). The number of hydrogen-bond acceptors (Lipinski definition) is 2. The van der Waals surface area contributed by atoms with Crippen LogP contribution in [0.3, 0.4) is 0 Å². The lowest BCUT2D eigenvalue weighted by Gasteiger charge is -2.33. The van der Waals surface area contributed by atoms with Crippen LogP contribution in [-0.2, 0) is 4.79 Å². The van der Waals surface area contributed by atoms with E-state index in [9.17, 15) is 9.18 Å². The van der Waals surface area contributed by atoms with E-state index < -0.39 is 0 Å². The molecule has 0 N–H and O–H groups in total. The molecule has 2 unspecified atom stereocenters. The molecule has 1 saturated carbocycles. The maximum absolute atomic E-state index is 13.4. The second-order valence-corrected chi connectivity index (χ2v) is 6.11. The van der Waals surface area contributed by atoms with E-state index in [2.05, 4.69) is 18.7 Å². The smallest absolute Gasteiger partial charge is 0.137 e. The molecular weight excluding hydrogens is 265 g/mol. The van der Waals surface area contributed by atoms with Gasteiger partial charge in [-0.2, -0.15) is 0 Å². The number of nitrogens with zero attached hydrogens (tertiary/aromatic N) is 1. The van der Waals surface area contributed by atoms with E-state index in [0.717, 1.165) is 38.0 Å². The van der Waals surface area contributed by atoms with Crippen molar-refractivity contribution in [2.24, 2.45) is 11.8 Å². The van der Waals surface area contributed by atoms with Gasteiger partial charge in [-0.05, 0) is 43.9 Å². The minimum absolute atomic E-state index is 0.110. The lowest BCUT2D eigenvalue weighted by molar-refractivity contribution is -0.125. The van der Waals surface area contributed by atoms with Gasteiger partial charge in [-0.3, -0.25) is 4.79 Å². The van der Waals surface area contributed by atoms with Crippen molar-refractivity contribution >= 4 is 11.5 Å². The predicted molar refractivity (Wildman–Crippen MR) is 85.0 cm³/mol. The van der Waals surface area contributed by atoms with Gasteiger partial charge < -0.3 is 4.90 Å². The minimum Gasteiger partial charge on any atom is -0.371 e. The number of Topliss-reactive ketones (excluding diaryl/α,β-unsaturated/α-hetero) is 1. The molecule has 0 spiro atoms. The van der Waals surface area contributed by atoms with E-state index in [-0.39, 0.29) is 11.7 Å². The molecule has 1 aliphatic rings. The summed E-state index contributed by atoms with van der Waals surface area (Å²) in [5.74, 6) is 0.962. The summed E-state index contributed by atoms with van der Waals surface area (Å²) in [4.78, 5) is 14.3. The molecule has 0 aromatic heterocycles. The monoisotopic (exact) mass is 291 g/mol. The highest BCUT2D eigenvalue weighted by atomic mass is 19.1. The fourth-order valence-corrected chi connectivity index (χ4v) is 3.40. The van der Waals surface area contributed by atoms with Crippen molar-refractivity contribution in [2.45, 2.75) is 46.0 Å². The van der Waals surface area contributed by atoms with Crippen molar-refractivity contribution in [1.82, 2.24) is 0 Å². The van der Waals surface area contributed by atoms with Crippen LogP contribution in [0.1, 0.15) is 46.0 Å². The Morgan fingerprint density at radius 3 is 2.81 bits per heavy atom. The summed E-state index contributed by atoms with van der Waals surface area (Å²) >= 11 is 0. The Balaban J connectivity index is 2.04. The van der Waals surface area contributed by atoms with E-state index in [1.807, 2.05) is 6.07 Å². The maximum Gasteiger partial charge on any atom is 0.137 e. The van der Waals surface area contributed by atoms with Crippen LogP contribution in [0, 0.1) is 17.7 Å². The third-order valence-corrected chi connectivity index (χ3v) is 4.56. The van der Waals surface area contributed by atoms with Gasteiger partial charge in [0.2, 0.25) is 0 Å². The number of carbonyl (C=O) groups is 1. The first-order valence-corrected chi connectivity index (χ1v) is 8.17. The van der Waals surface area contributed by atoms with E-state index in [1.165, 1.54) is 18.9 Å². The Kier molecular flexibility index (Phi) is 5.77. The van der Waals surface area contributed by atoms with Crippen LogP contribution in [0.2, 0.25) is 0 Å². The summed E-state index contributed by atoms with van der Waals surface area (Å²) in [6, 6.07) is 6.67. The molecule has 0 amide bonds. The van der Waals surface area contributed by atoms with Gasteiger partial charge in [0.15, 0.2) is 0 Å². The first-order chi connectivity index (χ1) is 10.1. The molecule has 1 fully saturated rings. The number of anilines is 1. The fraction of sp³-hybridized carbons (Fsp3) is 0.611. The third kappa shape index (κ3) is 4.29. The van der Waals surface area contributed by atoms with Crippen LogP contribution in [0.4, 0.5) is 10.1 Å². The first-order valence-electron chi connectivity index (χ1n) is 8.17. The molecule has 0 saturated heterocycles. The molecule has 3 heteroatoms. The quantitative estimate of drug-likeness (QED) is 0.772. The normalized spacial score (nSPS) is 22.3. The van der Waals surface area contributed by atoms with Crippen molar-refractivity contribution < 1.29 is 9.18 Å². The molecule has 2 nitrogen and oxygen atoms in total. The Hall–Kier alpha value is -1.38. The number of ketones is 1. The SMILES string of the molecule is CCCC1CCC(=O)C(CN(CC)c2cccc(F)c2)C1. The zero-order valence-electron chi connectivity index (χ0n) is 13.1.